The van der Waals surface area contributed by atoms with Gasteiger partial charge in [0.25, 0.3) is 0 Å². The van der Waals surface area contributed by atoms with Gasteiger partial charge in [-0.2, -0.15) is 13.2 Å². The van der Waals surface area contributed by atoms with Crippen molar-refractivity contribution in [2.75, 3.05) is 26.7 Å². The van der Waals surface area contributed by atoms with E-state index in [2.05, 4.69) is 15.3 Å². The predicted molar refractivity (Wildman–Crippen MR) is 101 cm³/mol. The van der Waals surface area contributed by atoms with Crippen LogP contribution in [0, 0.1) is 0 Å². The Bertz CT molecular complexity index is 827. The molecule has 0 aliphatic carbocycles. The average Bonchev–Trinajstić information content (AvgIpc) is 2.69. The van der Waals surface area contributed by atoms with Crippen molar-refractivity contribution >= 4 is 17.6 Å². The highest BCUT2D eigenvalue weighted by molar-refractivity contribution is 6.29. The number of hydrogen-bond acceptors (Lipinski definition) is 3. The van der Waals surface area contributed by atoms with E-state index >= 15 is 0 Å². The zero-order chi connectivity index (χ0) is 20.1. The molecule has 28 heavy (non-hydrogen) atoms. The summed E-state index contributed by atoms with van der Waals surface area (Å²) in [6, 6.07) is 8.83. The normalized spacial score (nSPS) is 18.2. The lowest BCUT2D eigenvalue weighted by molar-refractivity contribution is -0.137. The fourth-order valence-electron chi connectivity index (χ4n) is 2.98. The molecule has 1 N–H and O–H groups in total. The lowest BCUT2D eigenvalue weighted by atomic mass is 10.0. The van der Waals surface area contributed by atoms with E-state index in [-0.39, 0.29) is 0 Å². The summed E-state index contributed by atoms with van der Waals surface area (Å²) < 4.78 is 44.7. The van der Waals surface area contributed by atoms with Gasteiger partial charge in [0.15, 0.2) is 5.96 Å². The maximum atomic E-state index is 13.0. The van der Waals surface area contributed by atoms with E-state index in [1.807, 2.05) is 11.0 Å². The van der Waals surface area contributed by atoms with E-state index in [1.165, 1.54) is 6.07 Å². The minimum absolute atomic E-state index is 0.393. The first kappa shape index (κ1) is 20.4. The van der Waals surface area contributed by atoms with Crippen LogP contribution >= 0.6 is 11.6 Å². The minimum atomic E-state index is -4.38. The largest absolute Gasteiger partial charge is 0.416 e. The highest BCUT2D eigenvalue weighted by atomic mass is 35.5. The molecule has 5 nitrogen and oxygen atoms in total. The van der Waals surface area contributed by atoms with E-state index < -0.39 is 17.8 Å². The Kier molecular flexibility index (Phi) is 6.41. The molecule has 1 saturated heterocycles. The summed E-state index contributed by atoms with van der Waals surface area (Å²) in [7, 11) is 1.66. The van der Waals surface area contributed by atoms with Crippen molar-refractivity contribution in [2.45, 2.75) is 18.8 Å². The molecule has 0 amide bonds. The van der Waals surface area contributed by atoms with Gasteiger partial charge in [-0.15, -0.1) is 0 Å². The molecule has 0 bridgehead atoms. The topological polar surface area (TPSA) is 49.8 Å². The van der Waals surface area contributed by atoms with Gasteiger partial charge in [0.05, 0.1) is 18.7 Å². The molecule has 1 fully saturated rings. The molecule has 0 spiro atoms. The molecule has 1 unspecified atom stereocenters. The molecule has 1 aliphatic heterocycles. The molecule has 1 aliphatic rings. The highest BCUT2D eigenvalue weighted by Crippen LogP contribution is 2.32. The summed E-state index contributed by atoms with van der Waals surface area (Å²) >= 11 is 5.79. The van der Waals surface area contributed by atoms with E-state index in [4.69, 9.17) is 16.3 Å². The standard InChI is InChI=1S/C19H20ClF3N4O/c1-24-18(26-11-13-5-6-17(20)25-10-13)27-7-8-28-16(12-27)14-3-2-4-15(9-14)19(21,22)23/h2-6,9-10,16H,7-8,11-12H2,1H3,(H,24,26). The Morgan fingerprint density at radius 3 is 2.86 bits per heavy atom. The molecule has 2 aromatic rings. The smallest absolute Gasteiger partial charge is 0.370 e. The predicted octanol–water partition coefficient (Wildman–Crippen LogP) is 3.90. The number of aromatic nitrogens is 1. The van der Waals surface area contributed by atoms with Crippen molar-refractivity contribution in [3.8, 4) is 0 Å². The van der Waals surface area contributed by atoms with Crippen molar-refractivity contribution in [3.05, 3.63) is 64.4 Å². The molecular weight excluding hydrogens is 393 g/mol. The maximum Gasteiger partial charge on any atom is 0.416 e. The monoisotopic (exact) mass is 412 g/mol. The molecule has 1 aromatic heterocycles. The Labute approximate surface area is 166 Å². The second-order valence-corrected chi connectivity index (χ2v) is 6.71. The van der Waals surface area contributed by atoms with Gasteiger partial charge >= 0.3 is 6.18 Å². The SMILES string of the molecule is CN=C(NCc1ccc(Cl)nc1)N1CCOC(c2cccc(C(F)(F)F)c2)C1. The summed E-state index contributed by atoms with van der Waals surface area (Å²) in [6.45, 7) is 1.89. The molecule has 150 valence electrons. The fourth-order valence-corrected chi connectivity index (χ4v) is 3.09. The Hall–Kier alpha value is -2.32. The number of alkyl halides is 3. The van der Waals surface area contributed by atoms with Crippen molar-refractivity contribution < 1.29 is 17.9 Å². The van der Waals surface area contributed by atoms with Gasteiger partial charge in [-0.1, -0.05) is 29.8 Å². The number of morpholine rings is 1. The molecule has 9 heteroatoms. The number of pyridine rings is 1. The van der Waals surface area contributed by atoms with Crippen molar-refractivity contribution in [1.82, 2.24) is 15.2 Å². The summed E-state index contributed by atoms with van der Waals surface area (Å²) in [5.41, 5.74) is 0.758. The van der Waals surface area contributed by atoms with Crippen LogP contribution < -0.4 is 5.32 Å². The zero-order valence-corrected chi connectivity index (χ0v) is 16.0. The summed E-state index contributed by atoms with van der Waals surface area (Å²) in [5, 5.41) is 3.66. The van der Waals surface area contributed by atoms with Crippen LogP contribution in [0.3, 0.4) is 0 Å². The quantitative estimate of drug-likeness (QED) is 0.472. The van der Waals surface area contributed by atoms with Crippen LogP contribution in [0.2, 0.25) is 5.15 Å². The lowest BCUT2D eigenvalue weighted by Crippen LogP contribution is -2.48. The van der Waals surface area contributed by atoms with E-state index in [9.17, 15) is 13.2 Å². The second kappa shape index (κ2) is 8.79. The maximum absolute atomic E-state index is 13.0. The molecule has 1 aromatic carbocycles. The van der Waals surface area contributed by atoms with E-state index in [0.717, 1.165) is 17.7 Å². The van der Waals surface area contributed by atoms with Gasteiger partial charge in [-0.05, 0) is 29.3 Å². The van der Waals surface area contributed by atoms with Crippen molar-refractivity contribution in [1.29, 1.82) is 0 Å². The van der Waals surface area contributed by atoms with Crippen molar-refractivity contribution in [2.24, 2.45) is 4.99 Å². The number of hydrogen-bond donors (Lipinski definition) is 1. The number of benzene rings is 1. The van der Waals surface area contributed by atoms with Crippen LogP contribution in [0.15, 0.2) is 47.6 Å². The Morgan fingerprint density at radius 1 is 1.36 bits per heavy atom. The summed E-state index contributed by atoms with van der Waals surface area (Å²) in [6.07, 6.45) is -3.17. The van der Waals surface area contributed by atoms with Crippen LogP contribution in [0.25, 0.3) is 0 Å². The van der Waals surface area contributed by atoms with Gasteiger partial charge < -0.3 is 15.0 Å². The highest BCUT2D eigenvalue weighted by Gasteiger charge is 2.32. The first-order valence-electron chi connectivity index (χ1n) is 8.71. The molecule has 0 saturated carbocycles. The molecule has 0 radical (unpaired) electrons. The lowest BCUT2D eigenvalue weighted by Gasteiger charge is -2.35. The number of ether oxygens (including phenoxy) is 1. The number of rotatable bonds is 3. The first-order chi connectivity index (χ1) is 13.4. The first-order valence-corrected chi connectivity index (χ1v) is 9.09. The number of nitrogens with one attached hydrogen (secondary N) is 1. The van der Waals surface area contributed by atoms with Gasteiger partial charge in [-0.3, -0.25) is 4.99 Å². The molecular formula is C19H20ClF3N4O. The van der Waals surface area contributed by atoms with Gasteiger partial charge in [0, 0.05) is 26.3 Å². The van der Waals surface area contributed by atoms with Crippen LogP contribution in [0.5, 0.6) is 0 Å². The van der Waals surface area contributed by atoms with Crippen molar-refractivity contribution in [3.63, 3.8) is 0 Å². The molecule has 3 rings (SSSR count). The number of nitrogens with zero attached hydrogens (tertiary/aromatic N) is 3. The fraction of sp³-hybridized carbons (Fsp3) is 0.368. The molecule has 2 heterocycles. The second-order valence-electron chi connectivity index (χ2n) is 6.32. The average molecular weight is 413 g/mol. The Morgan fingerprint density at radius 2 is 2.18 bits per heavy atom. The number of halogens is 4. The van der Waals surface area contributed by atoms with E-state index in [1.54, 1.807) is 25.4 Å². The third kappa shape index (κ3) is 5.14. The number of aliphatic imine (C=N–C) groups is 1. The van der Waals surface area contributed by atoms with Gasteiger partial charge in [0.2, 0.25) is 0 Å². The summed E-state index contributed by atoms with van der Waals surface area (Å²) in [4.78, 5) is 10.3. The van der Waals surface area contributed by atoms with Crippen LogP contribution in [0.1, 0.15) is 22.8 Å². The number of guanidine groups is 1. The minimum Gasteiger partial charge on any atom is -0.370 e. The van der Waals surface area contributed by atoms with Gasteiger partial charge in [0.1, 0.15) is 11.3 Å². The third-order valence-electron chi connectivity index (χ3n) is 4.40. The summed E-state index contributed by atoms with van der Waals surface area (Å²) in [5.74, 6) is 0.648. The van der Waals surface area contributed by atoms with Gasteiger partial charge in [-0.25, -0.2) is 4.98 Å². The van der Waals surface area contributed by atoms with E-state index in [0.29, 0.717) is 42.9 Å². The molecule has 1 atom stereocenters. The Balaban J connectivity index is 1.67. The van der Waals surface area contributed by atoms with Crippen LogP contribution in [-0.2, 0) is 17.5 Å². The zero-order valence-electron chi connectivity index (χ0n) is 15.2. The third-order valence-corrected chi connectivity index (χ3v) is 4.63. The van der Waals surface area contributed by atoms with Crippen LogP contribution in [-0.4, -0.2) is 42.6 Å². The van der Waals surface area contributed by atoms with Crippen LogP contribution in [0.4, 0.5) is 13.2 Å².